The summed E-state index contributed by atoms with van der Waals surface area (Å²) in [5.74, 6) is 0.515. The van der Waals surface area contributed by atoms with E-state index in [2.05, 4.69) is 4.72 Å². The summed E-state index contributed by atoms with van der Waals surface area (Å²) in [6.45, 7) is 0.147. The SMILES string of the molecule is COc1ccc(S(=O)(=O)N2CCC(NS(=O)(=O)c3cccc(C(F)(F)F)c3)CC2)cc1. The summed E-state index contributed by atoms with van der Waals surface area (Å²) >= 11 is 0. The number of rotatable bonds is 6. The molecule has 1 saturated heterocycles. The number of benzene rings is 2. The predicted octanol–water partition coefficient (Wildman–Crippen LogP) is 2.85. The lowest BCUT2D eigenvalue weighted by molar-refractivity contribution is -0.137. The molecule has 0 unspecified atom stereocenters. The molecule has 170 valence electrons. The molecule has 0 saturated carbocycles. The number of methoxy groups -OCH3 is 1. The maximum atomic E-state index is 12.9. The first-order valence-electron chi connectivity index (χ1n) is 9.27. The second-order valence-electron chi connectivity index (χ2n) is 7.00. The van der Waals surface area contributed by atoms with Crippen LogP contribution in [0, 0.1) is 0 Å². The average molecular weight is 479 g/mol. The van der Waals surface area contributed by atoms with Gasteiger partial charge in [0.2, 0.25) is 20.0 Å². The standard InChI is InChI=1S/C19H21F3N2O5S2/c1-29-16-5-7-17(8-6-16)31(27,28)24-11-9-15(10-12-24)23-30(25,26)18-4-2-3-14(13-18)19(20,21)22/h2-8,13,15,23H,9-12H2,1H3. The molecule has 0 radical (unpaired) electrons. The Morgan fingerprint density at radius 3 is 2.13 bits per heavy atom. The molecule has 3 rings (SSSR count). The van der Waals surface area contributed by atoms with Gasteiger partial charge in [0.1, 0.15) is 5.75 Å². The van der Waals surface area contributed by atoms with Gasteiger partial charge in [-0.3, -0.25) is 0 Å². The number of alkyl halides is 3. The third kappa shape index (κ3) is 5.37. The van der Waals surface area contributed by atoms with Crippen LogP contribution in [0.3, 0.4) is 0 Å². The van der Waals surface area contributed by atoms with Crippen molar-refractivity contribution >= 4 is 20.0 Å². The van der Waals surface area contributed by atoms with E-state index in [1.54, 1.807) is 0 Å². The number of piperidine rings is 1. The minimum Gasteiger partial charge on any atom is -0.497 e. The third-order valence-corrected chi connectivity index (χ3v) is 8.38. The maximum Gasteiger partial charge on any atom is 0.416 e. The quantitative estimate of drug-likeness (QED) is 0.689. The Morgan fingerprint density at radius 2 is 1.58 bits per heavy atom. The number of halogens is 3. The Labute approximate surface area is 178 Å². The molecular weight excluding hydrogens is 457 g/mol. The lowest BCUT2D eigenvalue weighted by atomic mass is 10.1. The molecular formula is C19H21F3N2O5S2. The summed E-state index contributed by atoms with van der Waals surface area (Å²) in [7, 11) is -6.47. The van der Waals surface area contributed by atoms with E-state index in [0.29, 0.717) is 11.8 Å². The van der Waals surface area contributed by atoms with Gasteiger partial charge in [-0.15, -0.1) is 0 Å². The van der Waals surface area contributed by atoms with E-state index in [4.69, 9.17) is 4.74 Å². The molecule has 1 aliphatic rings. The van der Waals surface area contributed by atoms with E-state index in [1.165, 1.54) is 35.7 Å². The zero-order chi connectivity index (χ0) is 22.9. The topological polar surface area (TPSA) is 92.8 Å². The molecule has 0 aliphatic carbocycles. The Bertz CT molecular complexity index is 1130. The summed E-state index contributed by atoms with van der Waals surface area (Å²) in [6, 6.07) is 8.80. The summed E-state index contributed by atoms with van der Waals surface area (Å²) in [4.78, 5) is -0.396. The number of sulfonamides is 2. The van der Waals surface area contributed by atoms with Crippen molar-refractivity contribution in [2.45, 2.75) is 34.9 Å². The van der Waals surface area contributed by atoms with Gasteiger partial charge in [0.05, 0.1) is 22.5 Å². The van der Waals surface area contributed by atoms with Crippen LogP contribution in [0.25, 0.3) is 0 Å². The highest BCUT2D eigenvalue weighted by Crippen LogP contribution is 2.31. The Balaban J connectivity index is 1.67. The number of ether oxygens (including phenoxy) is 1. The minimum atomic E-state index is -4.66. The first-order chi connectivity index (χ1) is 14.4. The molecule has 1 heterocycles. The minimum absolute atomic E-state index is 0.0736. The Morgan fingerprint density at radius 1 is 0.968 bits per heavy atom. The third-order valence-electron chi connectivity index (χ3n) is 4.94. The van der Waals surface area contributed by atoms with Crippen LogP contribution in [0.4, 0.5) is 13.2 Å². The van der Waals surface area contributed by atoms with Crippen LogP contribution in [0.1, 0.15) is 18.4 Å². The van der Waals surface area contributed by atoms with Crippen LogP contribution in [-0.4, -0.2) is 47.4 Å². The molecule has 0 aromatic heterocycles. The van der Waals surface area contributed by atoms with Crippen LogP contribution in [-0.2, 0) is 26.2 Å². The molecule has 31 heavy (non-hydrogen) atoms. The van der Waals surface area contributed by atoms with Crippen molar-refractivity contribution in [3.05, 3.63) is 54.1 Å². The van der Waals surface area contributed by atoms with E-state index < -0.39 is 42.7 Å². The van der Waals surface area contributed by atoms with E-state index >= 15 is 0 Å². The molecule has 2 aromatic carbocycles. The van der Waals surface area contributed by atoms with Crippen LogP contribution in [0.15, 0.2) is 58.3 Å². The molecule has 1 aliphatic heterocycles. The summed E-state index contributed by atoms with van der Waals surface area (Å²) in [5.41, 5.74) is -1.06. The lowest BCUT2D eigenvalue weighted by Crippen LogP contribution is -2.46. The van der Waals surface area contributed by atoms with E-state index in [-0.39, 0.29) is 30.8 Å². The second-order valence-corrected chi connectivity index (χ2v) is 10.7. The predicted molar refractivity (Wildman–Crippen MR) is 107 cm³/mol. The van der Waals surface area contributed by atoms with Crippen molar-refractivity contribution < 1.29 is 34.7 Å². The van der Waals surface area contributed by atoms with Gasteiger partial charge in [0.15, 0.2) is 0 Å². The van der Waals surface area contributed by atoms with Crippen LogP contribution in [0.5, 0.6) is 5.75 Å². The number of nitrogens with zero attached hydrogens (tertiary/aromatic N) is 1. The Hall–Kier alpha value is -2.15. The van der Waals surface area contributed by atoms with Gasteiger partial charge in [-0.05, 0) is 55.3 Å². The zero-order valence-corrected chi connectivity index (χ0v) is 18.1. The molecule has 0 spiro atoms. The van der Waals surface area contributed by atoms with Crippen LogP contribution >= 0.6 is 0 Å². The van der Waals surface area contributed by atoms with Gasteiger partial charge in [-0.2, -0.15) is 17.5 Å². The number of hydrogen-bond acceptors (Lipinski definition) is 5. The van der Waals surface area contributed by atoms with Gasteiger partial charge in [-0.1, -0.05) is 6.07 Å². The summed E-state index contributed by atoms with van der Waals surface area (Å²) in [6.07, 6.45) is -4.28. The first kappa shape index (κ1) is 23.5. The normalized spacial score (nSPS) is 16.9. The zero-order valence-electron chi connectivity index (χ0n) is 16.5. The van der Waals surface area contributed by atoms with Crippen molar-refractivity contribution in [3.63, 3.8) is 0 Å². The molecule has 0 atom stereocenters. The fraction of sp³-hybridized carbons (Fsp3) is 0.368. The van der Waals surface area contributed by atoms with Crippen molar-refractivity contribution in [1.82, 2.24) is 9.03 Å². The fourth-order valence-electron chi connectivity index (χ4n) is 3.24. The number of nitrogens with one attached hydrogen (secondary N) is 1. The van der Waals surface area contributed by atoms with Crippen molar-refractivity contribution in [1.29, 1.82) is 0 Å². The monoisotopic (exact) mass is 478 g/mol. The smallest absolute Gasteiger partial charge is 0.416 e. The van der Waals surface area contributed by atoms with Gasteiger partial charge >= 0.3 is 6.18 Å². The largest absolute Gasteiger partial charge is 0.497 e. The van der Waals surface area contributed by atoms with Crippen molar-refractivity contribution in [3.8, 4) is 5.75 Å². The van der Waals surface area contributed by atoms with Gasteiger partial charge in [0, 0.05) is 19.1 Å². The van der Waals surface area contributed by atoms with Crippen LogP contribution in [0.2, 0.25) is 0 Å². The molecule has 1 N–H and O–H groups in total. The molecule has 1 fully saturated rings. The van der Waals surface area contributed by atoms with E-state index in [1.807, 2.05) is 0 Å². The molecule has 2 aromatic rings. The molecule has 0 amide bonds. The highest BCUT2D eigenvalue weighted by Gasteiger charge is 2.34. The summed E-state index contributed by atoms with van der Waals surface area (Å²) in [5, 5.41) is 0. The second kappa shape index (κ2) is 8.77. The first-order valence-corrected chi connectivity index (χ1v) is 12.2. The average Bonchev–Trinajstić information content (AvgIpc) is 2.73. The van der Waals surface area contributed by atoms with Crippen molar-refractivity contribution in [2.24, 2.45) is 0 Å². The maximum absolute atomic E-state index is 12.9. The molecule has 12 heteroatoms. The van der Waals surface area contributed by atoms with Gasteiger partial charge in [-0.25, -0.2) is 21.6 Å². The highest BCUT2D eigenvalue weighted by atomic mass is 32.2. The molecule has 0 bridgehead atoms. The van der Waals surface area contributed by atoms with E-state index in [9.17, 15) is 30.0 Å². The Kier molecular flexibility index (Phi) is 6.65. The highest BCUT2D eigenvalue weighted by molar-refractivity contribution is 7.89. The van der Waals surface area contributed by atoms with Crippen LogP contribution < -0.4 is 9.46 Å². The van der Waals surface area contributed by atoms with Gasteiger partial charge in [0.25, 0.3) is 0 Å². The van der Waals surface area contributed by atoms with Crippen molar-refractivity contribution in [2.75, 3.05) is 20.2 Å². The molecule has 7 nitrogen and oxygen atoms in total. The number of hydrogen-bond donors (Lipinski definition) is 1. The van der Waals surface area contributed by atoms with E-state index in [0.717, 1.165) is 18.2 Å². The summed E-state index contributed by atoms with van der Waals surface area (Å²) < 4.78 is 97.8. The fourth-order valence-corrected chi connectivity index (χ4v) is 6.06. The van der Waals surface area contributed by atoms with Gasteiger partial charge < -0.3 is 4.74 Å². The lowest BCUT2D eigenvalue weighted by Gasteiger charge is -2.31.